The molecule has 3 heteroatoms. The van der Waals surface area contributed by atoms with Gasteiger partial charge in [0.25, 0.3) is 0 Å². The molecule has 0 amide bonds. The van der Waals surface area contributed by atoms with E-state index >= 15 is 0 Å². The normalized spacial score (nSPS) is 11.5. The first kappa shape index (κ1) is 33.5. The van der Waals surface area contributed by atoms with Gasteiger partial charge in [-0.2, -0.15) is 0 Å². The van der Waals surface area contributed by atoms with E-state index in [4.69, 9.17) is 0 Å². The van der Waals surface area contributed by atoms with Crippen molar-refractivity contribution in [1.82, 2.24) is 0 Å². The SMILES string of the molecule is c1ccc(-c2cc(-c3ccccc3)cc(N(c3ccc(-c4ccc5sc6ccccc6c5c4)cc3)c3cccc4c3sc3c(-c5ccccc5)cccc34)c2)cc1. The molecular formula is C54H35NS2. The second-order valence-corrected chi connectivity index (χ2v) is 16.6. The van der Waals surface area contributed by atoms with E-state index < -0.39 is 0 Å². The summed E-state index contributed by atoms with van der Waals surface area (Å²) >= 11 is 3.75. The third-order valence-corrected chi connectivity index (χ3v) is 13.5. The van der Waals surface area contributed by atoms with Gasteiger partial charge in [-0.25, -0.2) is 0 Å². The van der Waals surface area contributed by atoms with E-state index in [2.05, 4.69) is 217 Å². The van der Waals surface area contributed by atoms with Crippen LogP contribution in [0.2, 0.25) is 0 Å². The van der Waals surface area contributed by atoms with Crippen LogP contribution in [0.15, 0.2) is 212 Å². The maximum Gasteiger partial charge on any atom is 0.0640 e. The predicted octanol–water partition coefficient (Wildman–Crippen LogP) is 16.6. The van der Waals surface area contributed by atoms with Crippen molar-refractivity contribution >= 4 is 80.1 Å². The molecule has 0 fully saturated rings. The number of hydrogen-bond donors (Lipinski definition) is 0. The summed E-state index contributed by atoms with van der Waals surface area (Å²) in [5.74, 6) is 0. The van der Waals surface area contributed by atoms with Crippen LogP contribution in [0.3, 0.4) is 0 Å². The lowest BCUT2D eigenvalue weighted by Gasteiger charge is -2.27. The van der Waals surface area contributed by atoms with E-state index in [1.807, 2.05) is 22.7 Å². The summed E-state index contributed by atoms with van der Waals surface area (Å²) in [6.45, 7) is 0. The van der Waals surface area contributed by atoms with Gasteiger partial charge >= 0.3 is 0 Å². The number of fused-ring (bicyclic) bond motifs is 6. The standard InChI is InChI=1S/C54H35NS2/c1-4-14-36(15-5-1)41-32-42(37-16-6-2-7-17-37)34-44(33-41)55(43-29-26-38(27-30-43)40-28-31-52-49(35-40)46-20-10-11-25-51(46)56-52)50-24-13-23-48-47-22-12-21-45(53(47)57-54(48)50)39-18-8-3-9-19-39/h1-35H. The Hall–Kier alpha value is -6.78. The van der Waals surface area contributed by atoms with Crippen molar-refractivity contribution in [2.75, 3.05) is 4.90 Å². The summed E-state index contributed by atoms with van der Waals surface area (Å²) < 4.78 is 5.22. The fraction of sp³-hybridized carbons (Fsp3) is 0. The van der Waals surface area contributed by atoms with Crippen LogP contribution < -0.4 is 4.90 Å². The Morgan fingerprint density at radius 2 is 0.825 bits per heavy atom. The zero-order valence-corrected chi connectivity index (χ0v) is 32.6. The molecule has 0 aliphatic carbocycles. The summed E-state index contributed by atoms with van der Waals surface area (Å²) in [5, 5.41) is 5.19. The summed E-state index contributed by atoms with van der Waals surface area (Å²) in [5.41, 5.74) is 13.1. The van der Waals surface area contributed by atoms with Crippen molar-refractivity contribution in [2.45, 2.75) is 0 Å². The van der Waals surface area contributed by atoms with Crippen LogP contribution in [0.4, 0.5) is 17.1 Å². The molecule has 268 valence electrons. The fourth-order valence-electron chi connectivity index (χ4n) is 8.30. The van der Waals surface area contributed by atoms with Gasteiger partial charge in [-0.1, -0.05) is 158 Å². The lowest BCUT2D eigenvalue weighted by molar-refractivity contribution is 1.30. The lowest BCUT2D eigenvalue weighted by Crippen LogP contribution is -2.10. The van der Waals surface area contributed by atoms with Gasteiger partial charge < -0.3 is 4.90 Å². The van der Waals surface area contributed by atoms with E-state index in [0.717, 1.165) is 17.1 Å². The zero-order chi connectivity index (χ0) is 37.7. The van der Waals surface area contributed by atoms with Crippen LogP contribution >= 0.6 is 22.7 Å². The average Bonchev–Trinajstić information content (AvgIpc) is 3.86. The molecule has 2 aromatic heterocycles. The molecule has 2 heterocycles. The van der Waals surface area contributed by atoms with E-state index in [-0.39, 0.29) is 0 Å². The third-order valence-electron chi connectivity index (χ3n) is 11.1. The van der Waals surface area contributed by atoms with Crippen LogP contribution in [0.1, 0.15) is 0 Å². The minimum absolute atomic E-state index is 1.11. The molecule has 0 unspecified atom stereocenters. The molecule has 0 radical (unpaired) electrons. The Bertz CT molecular complexity index is 3160. The quantitative estimate of drug-likeness (QED) is 0.156. The number of hydrogen-bond acceptors (Lipinski definition) is 3. The van der Waals surface area contributed by atoms with Crippen molar-refractivity contribution in [3.05, 3.63) is 212 Å². The van der Waals surface area contributed by atoms with E-state index in [1.165, 1.54) is 84.9 Å². The first-order chi connectivity index (χ1) is 28.2. The van der Waals surface area contributed by atoms with Crippen LogP contribution in [0.25, 0.3) is 84.9 Å². The van der Waals surface area contributed by atoms with Gasteiger partial charge in [0.2, 0.25) is 0 Å². The lowest BCUT2D eigenvalue weighted by atomic mass is 9.97. The maximum atomic E-state index is 2.47. The monoisotopic (exact) mass is 761 g/mol. The summed E-state index contributed by atoms with van der Waals surface area (Å²) in [4.78, 5) is 2.47. The van der Waals surface area contributed by atoms with Crippen molar-refractivity contribution in [2.24, 2.45) is 0 Å². The molecule has 11 aromatic rings. The predicted molar refractivity (Wildman–Crippen MR) is 249 cm³/mol. The van der Waals surface area contributed by atoms with Crippen molar-refractivity contribution in [1.29, 1.82) is 0 Å². The molecule has 0 aliphatic rings. The van der Waals surface area contributed by atoms with Crippen LogP contribution in [0, 0.1) is 0 Å². The van der Waals surface area contributed by atoms with Crippen LogP contribution in [-0.2, 0) is 0 Å². The third kappa shape index (κ3) is 6.00. The van der Waals surface area contributed by atoms with Gasteiger partial charge in [0.05, 0.1) is 10.4 Å². The number of rotatable bonds is 7. The summed E-state index contributed by atoms with van der Waals surface area (Å²) in [6, 6.07) is 77.6. The maximum absolute atomic E-state index is 2.47. The zero-order valence-electron chi connectivity index (χ0n) is 31.0. The van der Waals surface area contributed by atoms with Gasteiger partial charge in [-0.3, -0.25) is 0 Å². The van der Waals surface area contributed by atoms with Gasteiger partial charge in [-0.05, 0) is 99.1 Å². The van der Waals surface area contributed by atoms with Gasteiger partial charge in [0.15, 0.2) is 0 Å². The molecule has 57 heavy (non-hydrogen) atoms. The van der Waals surface area contributed by atoms with Crippen molar-refractivity contribution in [3.63, 3.8) is 0 Å². The summed E-state index contributed by atoms with van der Waals surface area (Å²) in [7, 11) is 0. The topological polar surface area (TPSA) is 3.24 Å². The number of anilines is 3. The fourth-order valence-corrected chi connectivity index (χ4v) is 10.7. The number of thiophene rings is 2. The first-order valence-electron chi connectivity index (χ1n) is 19.3. The largest absolute Gasteiger partial charge is 0.309 e. The van der Waals surface area contributed by atoms with Crippen molar-refractivity contribution < 1.29 is 0 Å². The Kier molecular flexibility index (Phi) is 8.28. The highest BCUT2D eigenvalue weighted by molar-refractivity contribution is 7.27. The molecule has 0 bridgehead atoms. The first-order valence-corrected chi connectivity index (χ1v) is 21.0. The second kappa shape index (κ2) is 14.1. The van der Waals surface area contributed by atoms with E-state index in [0.29, 0.717) is 0 Å². The van der Waals surface area contributed by atoms with Gasteiger partial charge in [0.1, 0.15) is 0 Å². The molecule has 11 rings (SSSR count). The van der Waals surface area contributed by atoms with Gasteiger partial charge in [-0.15, -0.1) is 22.7 Å². The molecule has 9 aromatic carbocycles. The Morgan fingerprint density at radius 1 is 0.281 bits per heavy atom. The Labute approximate surface area is 340 Å². The Morgan fingerprint density at radius 3 is 1.53 bits per heavy atom. The molecule has 1 nitrogen and oxygen atoms in total. The summed E-state index contributed by atoms with van der Waals surface area (Å²) in [6.07, 6.45) is 0. The smallest absolute Gasteiger partial charge is 0.0640 e. The highest BCUT2D eigenvalue weighted by Crippen LogP contribution is 2.48. The number of nitrogens with zero attached hydrogens (tertiary/aromatic N) is 1. The second-order valence-electron chi connectivity index (χ2n) is 14.5. The van der Waals surface area contributed by atoms with E-state index in [9.17, 15) is 0 Å². The molecular weight excluding hydrogens is 727 g/mol. The minimum Gasteiger partial charge on any atom is -0.309 e. The molecule has 0 saturated heterocycles. The molecule has 0 spiro atoms. The number of benzene rings is 9. The van der Waals surface area contributed by atoms with Crippen LogP contribution in [0.5, 0.6) is 0 Å². The average molecular weight is 762 g/mol. The van der Waals surface area contributed by atoms with Gasteiger partial charge in [0, 0.05) is 47.0 Å². The Balaban J connectivity index is 1.13. The molecule has 0 atom stereocenters. The van der Waals surface area contributed by atoms with Crippen molar-refractivity contribution in [3.8, 4) is 44.5 Å². The highest BCUT2D eigenvalue weighted by Gasteiger charge is 2.21. The highest BCUT2D eigenvalue weighted by atomic mass is 32.1. The minimum atomic E-state index is 1.11. The van der Waals surface area contributed by atoms with Crippen LogP contribution in [-0.4, -0.2) is 0 Å². The molecule has 0 N–H and O–H groups in total. The molecule has 0 aliphatic heterocycles. The van der Waals surface area contributed by atoms with E-state index in [1.54, 1.807) is 0 Å². The molecule has 0 saturated carbocycles.